The van der Waals surface area contributed by atoms with Gasteiger partial charge in [-0.25, -0.2) is 4.98 Å². The molecule has 2 aromatic heterocycles. The van der Waals surface area contributed by atoms with Crippen molar-refractivity contribution < 1.29 is 4.74 Å². The fourth-order valence-corrected chi connectivity index (χ4v) is 2.36. The zero-order valence-corrected chi connectivity index (χ0v) is 13.6. The predicted octanol–water partition coefficient (Wildman–Crippen LogP) is 3.59. The lowest BCUT2D eigenvalue weighted by atomic mass is 10.1. The van der Waals surface area contributed by atoms with Crippen molar-refractivity contribution in [3.8, 4) is 17.0 Å². The smallest absolute Gasteiger partial charge is 0.145 e. The number of benzene rings is 1. The minimum atomic E-state index is 0.663. The van der Waals surface area contributed by atoms with E-state index in [4.69, 9.17) is 4.74 Å². The Morgan fingerprint density at radius 1 is 0.958 bits per heavy atom. The van der Waals surface area contributed by atoms with Crippen molar-refractivity contribution in [2.75, 3.05) is 18.5 Å². The summed E-state index contributed by atoms with van der Waals surface area (Å²) < 4.78 is 5.46. The Labute approximate surface area is 141 Å². The largest absolute Gasteiger partial charge is 0.494 e. The Kier molecular flexibility index (Phi) is 5.35. The molecule has 1 N–H and O–H groups in total. The van der Waals surface area contributed by atoms with Gasteiger partial charge in [0.25, 0.3) is 0 Å². The minimum absolute atomic E-state index is 0.663. The van der Waals surface area contributed by atoms with Crippen LogP contribution >= 0.6 is 0 Å². The average molecular weight is 320 g/mol. The van der Waals surface area contributed by atoms with Crippen LogP contribution in [0, 0.1) is 0 Å². The van der Waals surface area contributed by atoms with Gasteiger partial charge < -0.3 is 10.1 Å². The monoisotopic (exact) mass is 320 g/mol. The van der Waals surface area contributed by atoms with E-state index in [0.29, 0.717) is 6.61 Å². The van der Waals surface area contributed by atoms with Crippen LogP contribution in [-0.4, -0.2) is 28.1 Å². The molecule has 24 heavy (non-hydrogen) atoms. The Hall–Kier alpha value is -2.95. The summed E-state index contributed by atoms with van der Waals surface area (Å²) in [7, 11) is 0. The summed E-state index contributed by atoms with van der Waals surface area (Å²) in [6, 6.07) is 11.9. The second-order valence-electron chi connectivity index (χ2n) is 5.28. The molecule has 0 aliphatic rings. The summed E-state index contributed by atoms with van der Waals surface area (Å²) in [5.41, 5.74) is 3.10. The van der Waals surface area contributed by atoms with Crippen LogP contribution in [-0.2, 0) is 6.42 Å². The van der Waals surface area contributed by atoms with Crippen LogP contribution in [0.1, 0.15) is 12.5 Å². The van der Waals surface area contributed by atoms with E-state index < -0.39 is 0 Å². The number of aromatic nitrogens is 3. The molecule has 0 aliphatic carbocycles. The van der Waals surface area contributed by atoms with Gasteiger partial charge in [-0.05, 0) is 55.3 Å². The fourth-order valence-electron chi connectivity index (χ4n) is 2.36. The van der Waals surface area contributed by atoms with E-state index >= 15 is 0 Å². The zero-order chi connectivity index (χ0) is 16.6. The van der Waals surface area contributed by atoms with Crippen molar-refractivity contribution in [3.63, 3.8) is 0 Å². The van der Waals surface area contributed by atoms with Gasteiger partial charge in [0.05, 0.1) is 24.7 Å². The maximum atomic E-state index is 5.46. The third kappa shape index (κ3) is 4.29. The molecule has 0 amide bonds. The summed E-state index contributed by atoms with van der Waals surface area (Å²) in [5, 5.41) is 3.32. The molecule has 3 rings (SSSR count). The van der Waals surface area contributed by atoms with Crippen molar-refractivity contribution in [2.45, 2.75) is 13.3 Å². The number of anilines is 1. The first-order valence-corrected chi connectivity index (χ1v) is 8.03. The maximum absolute atomic E-state index is 5.46. The van der Waals surface area contributed by atoms with E-state index in [1.54, 1.807) is 12.4 Å². The van der Waals surface area contributed by atoms with E-state index in [9.17, 15) is 0 Å². The number of ether oxygens (including phenoxy) is 1. The van der Waals surface area contributed by atoms with Crippen molar-refractivity contribution in [3.05, 3.63) is 66.7 Å². The first-order chi connectivity index (χ1) is 11.8. The van der Waals surface area contributed by atoms with Crippen molar-refractivity contribution in [1.82, 2.24) is 15.0 Å². The fraction of sp³-hybridized carbons (Fsp3) is 0.211. The Morgan fingerprint density at radius 2 is 1.75 bits per heavy atom. The molecule has 0 fully saturated rings. The molecule has 122 valence electrons. The molecule has 0 unspecified atom stereocenters. The number of pyridine rings is 1. The molecule has 0 atom stereocenters. The Morgan fingerprint density at radius 3 is 2.50 bits per heavy atom. The SMILES string of the molecule is CCOc1ccc(-c2cncc(NCCc3ccncc3)n2)cc1. The molecule has 5 heteroatoms. The van der Waals surface area contributed by atoms with Crippen molar-refractivity contribution in [1.29, 1.82) is 0 Å². The third-order valence-electron chi connectivity index (χ3n) is 3.56. The van der Waals surface area contributed by atoms with E-state index in [1.807, 2.05) is 55.7 Å². The van der Waals surface area contributed by atoms with Gasteiger partial charge in [-0.15, -0.1) is 0 Å². The Balaban J connectivity index is 1.63. The van der Waals surface area contributed by atoms with Crippen LogP contribution in [0.4, 0.5) is 5.82 Å². The highest BCUT2D eigenvalue weighted by Crippen LogP contribution is 2.21. The van der Waals surface area contributed by atoms with Gasteiger partial charge in [-0.2, -0.15) is 0 Å². The highest BCUT2D eigenvalue weighted by molar-refractivity contribution is 5.60. The van der Waals surface area contributed by atoms with Crippen molar-refractivity contribution >= 4 is 5.82 Å². The van der Waals surface area contributed by atoms with Gasteiger partial charge in [0, 0.05) is 24.5 Å². The summed E-state index contributed by atoms with van der Waals surface area (Å²) >= 11 is 0. The molecule has 0 saturated heterocycles. The van der Waals surface area contributed by atoms with Gasteiger partial charge >= 0.3 is 0 Å². The summed E-state index contributed by atoms with van der Waals surface area (Å²) in [5.74, 6) is 1.64. The van der Waals surface area contributed by atoms with E-state index in [0.717, 1.165) is 35.8 Å². The molecular weight excluding hydrogens is 300 g/mol. The van der Waals surface area contributed by atoms with E-state index in [2.05, 4.69) is 20.3 Å². The number of rotatable bonds is 7. The normalized spacial score (nSPS) is 10.4. The van der Waals surface area contributed by atoms with Crippen LogP contribution in [0.25, 0.3) is 11.3 Å². The van der Waals surface area contributed by atoms with E-state index in [1.165, 1.54) is 5.56 Å². The number of hydrogen-bond acceptors (Lipinski definition) is 5. The molecule has 2 heterocycles. The highest BCUT2D eigenvalue weighted by atomic mass is 16.5. The van der Waals surface area contributed by atoms with Crippen LogP contribution in [0.15, 0.2) is 61.2 Å². The van der Waals surface area contributed by atoms with Gasteiger partial charge in [0.15, 0.2) is 0 Å². The molecule has 5 nitrogen and oxygen atoms in total. The van der Waals surface area contributed by atoms with Crippen LogP contribution < -0.4 is 10.1 Å². The number of nitrogens with one attached hydrogen (secondary N) is 1. The lowest BCUT2D eigenvalue weighted by Crippen LogP contribution is -2.07. The molecule has 0 bridgehead atoms. The van der Waals surface area contributed by atoms with Gasteiger partial charge in [0.2, 0.25) is 0 Å². The van der Waals surface area contributed by atoms with Gasteiger partial charge in [-0.3, -0.25) is 9.97 Å². The predicted molar refractivity (Wildman–Crippen MR) is 95.1 cm³/mol. The Bertz CT molecular complexity index is 760. The molecule has 0 aliphatic heterocycles. The van der Waals surface area contributed by atoms with Crippen molar-refractivity contribution in [2.24, 2.45) is 0 Å². The quantitative estimate of drug-likeness (QED) is 0.721. The lowest BCUT2D eigenvalue weighted by molar-refractivity contribution is 0.340. The average Bonchev–Trinajstić information content (AvgIpc) is 2.64. The van der Waals surface area contributed by atoms with Crippen LogP contribution in [0.2, 0.25) is 0 Å². The molecular formula is C19H20N4O. The highest BCUT2D eigenvalue weighted by Gasteiger charge is 2.03. The second kappa shape index (κ2) is 8.06. The lowest BCUT2D eigenvalue weighted by Gasteiger charge is -2.08. The second-order valence-corrected chi connectivity index (χ2v) is 5.28. The summed E-state index contributed by atoms with van der Waals surface area (Å²) in [6.07, 6.45) is 8.04. The molecule has 0 spiro atoms. The third-order valence-corrected chi connectivity index (χ3v) is 3.56. The van der Waals surface area contributed by atoms with Gasteiger partial charge in [0.1, 0.15) is 11.6 Å². The van der Waals surface area contributed by atoms with Gasteiger partial charge in [-0.1, -0.05) is 0 Å². The minimum Gasteiger partial charge on any atom is -0.494 e. The number of nitrogens with zero attached hydrogens (tertiary/aromatic N) is 3. The summed E-state index contributed by atoms with van der Waals surface area (Å²) in [4.78, 5) is 12.9. The maximum Gasteiger partial charge on any atom is 0.145 e. The number of hydrogen-bond donors (Lipinski definition) is 1. The molecule has 1 aromatic carbocycles. The van der Waals surface area contributed by atoms with Crippen LogP contribution in [0.5, 0.6) is 5.75 Å². The topological polar surface area (TPSA) is 59.9 Å². The first kappa shape index (κ1) is 15.9. The van der Waals surface area contributed by atoms with Crippen LogP contribution in [0.3, 0.4) is 0 Å². The molecule has 3 aromatic rings. The van der Waals surface area contributed by atoms with E-state index in [-0.39, 0.29) is 0 Å². The molecule has 0 radical (unpaired) electrons. The molecule has 0 saturated carbocycles. The summed E-state index contributed by atoms with van der Waals surface area (Å²) in [6.45, 7) is 3.43. The standard InChI is InChI=1S/C19H20N4O/c1-2-24-17-5-3-16(4-6-17)18-13-21-14-19(23-18)22-12-9-15-7-10-20-11-8-15/h3-8,10-11,13-14H,2,9,12H2,1H3,(H,22,23). The zero-order valence-electron chi connectivity index (χ0n) is 13.6. The first-order valence-electron chi connectivity index (χ1n) is 8.03.